The molecule has 9 heteroatoms. The lowest BCUT2D eigenvalue weighted by atomic mass is 10.1. The van der Waals surface area contributed by atoms with Crippen LogP contribution in [0.15, 0.2) is 52.2 Å². The fourth-order valence-corrected chi connectivity index (χ4v) is 5.02. The molecule has 0 unspecified atom stereocenters. The van der Waals surface area contributed by atoms with Crippen LogP contribution in [0.5, 0.6) is 0 Å². The van der Waals surface area contributed by atoms with Gasteiger partial charge in [0, 0.05) is 11.6 Å². The molecule has 1 amide bonds. The fourth-order valence-electron chi connectivity index (χ4n) is 4.34. The molecule has 0 saturated heterocycles. The Bertz CT molecular complexity index is 1270. The number of benzene rings is 2. The highest BCUT2D eigenvalue weighted by Gasteiger charge is 2.43. The maximum Gasteiger partial charge on any atom is 0.281 e. The first-order valence-electron chi connectivity index (χ1n) is 10.8. The number of guanidine groups is 1. The number of aromatic nitrogens is 2. The maximum atomic E-state index is 13.5. The molecule has 0 fully saturated rings. The van der Waals surface area contributed by atoms with E-state index in [0.717, 1.165) is 16.7 Å². The number of carbonyl (C=O) groups is 1. The molecule has 0 saturated carbocycles. The topological polar surface area (TPSA) is 53.7 Å². The Kier molecular flexibility index (Phi) is 5.74. The number of nitrogens with zero attached hydrogens (tertiary/aromatic N) is 5. The molecular formula is C24H22BrClFN5O. The van der Waals surface area contributed by atoms with E-state index in [4.69, 9.17) is 21.6 Å². The minimum absolute atomic E-state index is 0.0573. The lowest BCUT2D eigenvalue weighted by Crippen LogP contribution is -2.50. The molecule has 2 aliphatic heterocycles. The van der Waals surface area contributed by atoms with E-state index >= 15 is 0 Å². The van der Waals surface area contributed by atoms with Crippen LogP contribution in [0.3, 0.4) is 0 Å². The third-order valence-corrected chi connectivity index (χ3v) is 7.07. The van der Waals surface area contributed by atoms with Gasteiger partial charge in [-0.2, -0.15) is 0 Å². The quantitative estimate of drug-likeness (QED) is 0.463. The SMILES string of the molecule is CCN1C(=O)c2c(nc(Br)n2Cc2ccc(C)c(Cl)c2)N2C[C@@H](Cc3ccc(F)cc3)N=C12. The lowest BCUT2D eigenvalue weighted by molar-refractivity contribution is 0.0836. The number of carbonyl (C=O) groups excluding carboxylic acids is 1. The number of hydrogen-bond acceptors (Lipinski definition) is 4. The fraction of sp³-hybridized carbons (Fsp3) is 0.292. The van der Waals surface area contributed by atoms with E-state index in [-0.39, 0.29) is 17.8 Å². The summed E-state index contributed by atoms with van der Waals surface area (Å²) in [6.07, 6.45) is 0.658. The molecule has 33 heavy (non-hydrogen) atoms. The van der Waals surface area contributed by atoms with Crippen molar-refractivity contribution in [2.45, 2.75) is 32.9 Å². The molecule has 1 aromatic heterocycles. The molecule has 1 atom stereocenters. The first kappa shape index (κ1) is 22.1. The molecule has 2 aromatic carbocycles. The summed E-state index contributed by atoms with van der Waals surface area (Å²) in [5, 5.41) is 0.691. The summed E-state index contributed by atoms with van der Waals surface area (Å²) in [7, 11) is 0. The molecule has 170 valence electrons. The van der Waals surface area contributed by atoms with Gasteiger partial charge in [0.05, 0.1) is 19.1 Å². The van der Waals surface area contributed by atoms with E-state index in [9.17, 15) is 9.18 Å². The molecule has 0 N–H and O–H groups in total. The van der Waals surface area contributed by atoms with Gasteiger partial charge < -0.3 is 4.57 Å². The smallest absolute Gasteiger partial charge is 0.281 e. The van der Waals surface area contributed by atoms with Crippen LogP contribution in [0.25, 0.3) is 0 Å². The molecule has 0 spiro atoms. The van der Waals surface area contributed by atoms with Crippen LogP contribution in [0.2, 0.25) is 5.02 Å². The van der Waals surface area contributed by atoms with Crippen molar-refractivity contribution >= 4 is 45.2 Å². The molecule has 6 nitrogen and oxygen atoms in total. The monoisotopic (exact) mass is 529 g/mol. The van der Waals surface area contributed by atoms with Crippen molar-refractivity contribution in [3.05, 3.63) is 80.4 Å². The summed E-state index contributed by atoms with van der Waals surface area (Å²) >= 11 is 9.88. The lowest BCUT2D eigenvalue weighted by Gasteiger charge is -2.33. The maximum absolute atomic E-state index is 13.5. The Morgan fingerprint density at radius 1 is 1.18 bits per heavy atom. The second-order valence-corrected chi connectivity index (χ2v) is 9.41. The minimum Gasteiger partial charge on any atom is -0.308 e. The summed E-state index contributed by atoms with van der Waals surface area (Å²) in [6, 6.07) is 12.3. The Balaban J connectivity index is 1.49. The van der Waals surface area contributed by atoms with Gasteiger partial charge in [0.25, 0.3) is 5.91 Å². The van der Waals surface area contributed by atoms with E-state index in [2.05, 4.69) is 15.9 Å². The van der Waals surface area contributed by atoms with Crippen LogP contribution in [-0.4, -0.2) is 45.4 Å². The molecule has 0 radical (unpaired) electrons. The third kappa shape index (κ3) is 3.95. The number of hydrogen-bond donors (Lipinski definition) is 0. The van der Waals surface area contributed by atoms with Gasteiger partial charge in [0.2, 0.25) is 5.96 Å². The first-order chi connectivity index (χ1) is 15.9. The number of imidazole rings is 1. The predicted octanol–water partition coefficient (Wildman–Crippen LogP) is 5.06. The summed E-state index contributed by atoms with van der Waals surface area (Å²) in [5.41, 5.74) is 3.52. The van der Waals surface area contributed by atoms with Gasteiger partial charge in [-0.1, -0.05) is 35.9 Å². The number of aliphatic imine (C=N–C) groups is 1. The molecule has 3 aromatic rings. The van der Waals surface area contributed by atoms with Gasteiger partial charge in [0.15, 0.2) is 16.2 Å². The number of anilines is 1. The van der Waals surface area contributed by atoms with Crippen molar-refractivity contribution in [3.63, 3.8) is 0 Å². The predicted molar refractivity (Wildman–Crippen MR) is 131 cm³/mol. The molecule has 5 rings (SSSR count). The molecular weight excluding hydrogens is 509 g/mol. The Morgan fingerprint density at radius 2 is 1.91 bits per heavy atom. The summed E-state index contributed by atoms with van der Waals surface area (Å²) in [4.78, 5) is 26.8. The zero-order chi connectivity index (χ0) is 23.3. The van der Waals surface area contributed by atoms with Crippen molar-refractivity contribution < 1.29 is 9.18 Å². The summed E-state index contributed by atoms with van der Waals surface area (Å²) < 4.78 is 15.7. The van der Waals surface area contributed by atoms with Crippen molar-refractivity contribution in [2.24, 2.45) is 4.99 Å². The van der Waals surface area contributed by atoms with Crippen LogP contribution in [0.1, 0.15) is 34.1 Å². The molecule has 2 aliphatic rings. The van der Waals surface area contributed by atoms with Gasteiger partial charge in [-0.15, -0.1) is 0 Å². The van der Waals surface area contributed by atoms with Crippen molar-refractivity contribution in [1.82, 2.24) is 14.5 Å². The Hall–Kier alpha value is -2.71. The highest BCUT2D eigenvalue weighted by molar-refractivity contribution is 9.10. The van der Waals surface area contributed by atoms with Gasteiger partial charge in [-0.05, 0) is 71.1 Å². The second-order valence-electron chi connectivity index (χ2n) is 8.30. The third-order valence-electron chi connectivity index (χ3n) is 6.06. The normalized spacial score (nSPS) is 17.3. The Morgan fingerprint density at radius 3 is 2.61 bits per heavy atom. The van der Waals surface area contributed by atoms with Crippen LogP contribution < -0.4 is 4.90 Å². The van der Waals surface area contributed by atoms with E-state index < -0.39 is 0 Å². The van der Waals surface area contributed by atoms with Crippen LogP contribution in [0.4, 0.5) is 10.2 Å². The van der Waals surface area contributed by atoms with Crippen molar-refractivity contribution in [1.29, 1.82) is 0 Å². The van der Waals surface area contributed by atoms with Gasteiger partial charge >= 0.3 is 0 Å². The van der Waals surface area contributed by atoms with E-state index in [1.165, 1.54) is 12.1 Å². The average Bonchev–Trinajstić information content (AvgIpc) is 3.34. The largest absolute Gasteiger partial charge is 0.308 e. The van der Waals surface area contributed by atoms with Crippen LogP contribution in [-0.2, 0) is 13.0 Å². The zero-order valence-corrected chi connectivity index (χ0v) is 20.6. The van der Waals surface area contributed by atoms with Gasteiger partial charge in [0.1, 0.15) is 5.82 Å². The van der Waals surface area contributed by atoms with E-state index in [0.29, 0.717) is 53.3 Å². The highest BCUT2D eigenvalue weighted by atomic mass is 79.9. The number of fused-ring (bicyclic) bond motifs is 3. The number of aryl methyl sites for hydroxylation is 1. The van der Waals surface area contributed by atoms with Crippen LogP contribution in [0, 0.1) is 12.7 Å². The van der Waals surface area contributed by atoms with Gasteiger partial charge in [-0.25, -0.2) is 14.4 Å². The number of amides is 1. The zero-order valence-electron chi connectivity index (χ0n) is 18.2. The van der Waals surface area contributed by atoms with Gasteiger partial charge in [-0.3, -0.25) is 14.6 Å². The summed E-state index contributed by atoms with van der Waals surface area (Å²) in [6.45, 7) is 5.46. The summed E-state index contributed by atoms with van der Waals surface area (Å²) in [5.74, 6) is 0.848. The molecule has 3 heterocycles. The Labute approximate surface area is 204 Å². The molecule has 0 aliphatic carbocycles. The minimum atomic E-state index is -0.258. The number of rotatable bonds is 5. The second kappa shape index (κ2) is 8.57. The molecule has 0 bridgehead atoms. The highest BCUT2D eigenvalue weighted by Crippen LogP contribution is 2.35. The average molecular weight is 531 g/mol. The number of halogens is 3. The van der Waals surface area contributed by atoms with Crippen molar-refractivity contribution in [3.8, 4) is 0 Å². The first-order valence-corrected chi connectivity index (χ1v) is 12.0. The van der Waals surface area contributed by atoms with Crippen molar-refractivity contribution in [2.75, 3.05) is 18.0 Å². The van der Waals surface area contributed by atoms with E-state index in [1.54, 1.807) is 17.0 Å². The standard InChI is InChI=1S/C24H22BrClFN5O/c1-3-30-22(33)20-21(29-23(25)31(20)12-16-5-4-14(2)19(26)11-16)32-13-18(28-24(30)32)10-15-6-8-17(27)9-7-15/h4-9,11,18H,3,10,12-13H2,1-2H3/t18-/m1/s1. The van der Waals surface area contributed by atoms with Crippen LogP contribution >= 0.6 is 27.5 Å². The van der Waals surface area contributed by atoms with E-state index in [1.807, 2.05) is 41.5 Å².